The van der Waals surface area contributed by atoms with Gasteiger partial charge in [-0.3, -0.25) is 9.36 Å². The Labute approximate surface area is 93.0 Å². The SMILES string of the molecule is CCCCOc1nc(=O)n(C)c(C=O)c1N. The van der Waals surface area contributed by atoms with Gasteiger partial charge >= 0.3 is 5.69 Å². The van der Waals surface area contributed by atoms with Gasteiger partial charge in [0, 0.05) is 7.05 Å². The van der Waals surface area contributed by atoms with Gasteiger partial charge in [-0.05, 0) is 6.42 Å². The highest BCUT2D eigenvalue weighted by Gasteiger charge is 2.12. The van der Waals surface area contributed by atoms with E-state index in [-0.39, 0.29) is 17.3 Å². The Morgan fingerprint density at radius 3 is 2.81 bits per heavy atom. The van der Waals surface area contributed by atoms with Crippen LogP contribution in [-0.4, -0.2) is 22.4 Å². The van der Waals surface area contributed by atoms with E-state index < -0.39 is 5.69 Å². The molecular formula is C10H15N3O3. The number of hydrogen-bond donors (Lipinski definition) is 1. The van der Waals surface area contributed by atoms with Crippen LogP contribution in [0.2, 0.25) is 0 Å². The summed E-state index contributed by atoms with van der Waals surface area (Å²) < 4.78 is 6.34. The largest absolute Gasteiger partial charge is 0.476 e. The highest BCUT2D eigenvalue weighted by Crippen LogP contribution is 2.18. The average Bonchev–Trinajstić information content (AvgIpc) is 2.26. The normalized spacial score (nSPS) is 10.1. The third-order valence-electron chi connectivity index (χ3n) is 2.20. The molecule has 0 bridgehead atoms. The molecule has 0 radical (unpaired) electrons. The highest BCUT2D eigenvalue weighted by atomic mass is 16.5. The van der Waals surface area contributed by atoms with Crippen LogP contribution in [0, 0.1) is 0 Å². The Balaban J connectivity index is 3.06. The summed E-state index contributed by atoms with van der Waals surface area (Å²) in [6.45, 7) is 2.44. The Morgan fingerprint density at radius 2 is 2.25 bits per heavy atom. The van der Waals surface area contributed by atoms with E-state index in [2.05, 4.69) is 4.98 Å². The maximum Gasteiger partial charge on any atom is 0.351 e. The van der Waals surface area contributed by atoms with Gasteiger partial charge in [-0.1, -0.05) is 13.3 Å². The number of unbranched alkanes of at least 4 members (excludes halogenated alkanes) is 1. The predicted molar refractivity (Wildman–Crippen MR) is 59.7 cm³/mol. The molecular weight excluding hydrogens is 210 g/mol. The molecule has 88 valence electrons. The minimum Gasteiger partial charge on any atom is -0.476 e. The lowest BCUT2D eigenvalue weighted by Crippen LogP contribution is -2.25. The topological polar surface area (TPSA) is 87.2 Å². The fourth-order valence-corrected chi connectivity index (χ4v) is 1.18. The third-order valence-corrected chi connectivity index (χ3v) is 2.20. The number of anilines is 1. The Hall–Kier alpha value is -1.85. The van der Waals surface area contributed by atoms with Crippen LogP contribution in [0.3, 0.4) is 0 Å². The molecule has 0 atom stereocenters. The minimum absolute atomic E-state index is 0.0404. The molecule has 0 aliphatic heterocycles. The van der Waals surface area contributed by atoms with E-state index >= 15 is 0 Å². The number of hydrogen-bond acceptors (Lipinski definition) is 5. The van der Waals surface area contributed by atoms with Crippen molar-refractivity contribution in [1.29, 1.82) is 0 Å². The van der Waals surface area contributed by atoms with Crippen LogP contribution >= 0.6 is 0 Å². The van der Waals surface area contributed by atoms with Crippen molar-refractivity contribution in [1.82, 2.24) is 9.55 Å². The molecule has 0 fully saturated rings. The number of aldehydes is 1. The number of carbonyl (C=O) groups is 1. The van der Waals surface area contributed by atoms with Crippen molar-refractivity contribution in [2.45, 2.75) is 19.8 Å². The first kappa shape index (κ1) is 12.2. The summed E-state index contributed by atoms with van der Waals surface area (Å²) in [5, 5.41) is 0. The maximum absolute atomic E-state index is 11.4. The third kappa shape index (κ3) is 2.39. The fraction of sp³-hybridized carbons (Fsp3) is 0.500. The number of nitrogens with two attached hydrogens (primary N) is 1. The molecule has 0 amide bonds. The molecule has 0 aliphatic carbocycles. The summed E-state index contributed by atoms with van der Waals surface area (Å²) in [5.41, 5.74) is 5.31. The van der Waals surface area contributed by atoms with Crippen molar-refractivity contribution in [3.63, 3.8) is 0 Å². The molecule has 6 nitrogen and oxygen atoms in total. The summed E-state index contributed by atoms with van der Waals surface area (Å²) in [7, 11) is 1.44. The molecule has 0 saturated heterocycles. The van der Waals surface area contributed by atoms with Gasteiger partial charge in [-0.15, -0.1) is 0 Å². The number of rotatable bonds is 5. The summed E-state index contributed by atoms with van der Waals surface area (Å²) >= 11 is 0. The first-order valence-corrected chi connectivity index (χ1v) is 5.06. The molecule has 1 heterocycles. The molecule has 2 N–H and O–H groups in total. The first-order chi connectivity index (χ1) is 7.61. The summed E-state index contributed by atoms with van der Waals surface area (Å²) in [6.07, 6.45) is 2.32. The summed E-state index contributed by atoms with van der Waals surface area (Å²) in [5.74, 6) is 0.0404. The number of nitrogens with zero attached hydrogens (tertiary/aromatic N) is 2. The number of aromatic nitrogens is 2. The monoisotopic (exact) mass is 225 g/mol. The standard InChI is InChI=1S/C10H15N3O3/c1-3-4-5-16-9-8(11)7(6-14)13(2)10(15)12-9/h6H,3-5,11H2,1-2H3. The lowest BCUT2D eigenvalue weighted by molar-refractivity contribution is 0.111. The zero-order valence-electron chi connectivity index (χ0n) is 9.40. The van der Waals surface area contributed by atoms with E-state index in [1.165, 1.54) is 7.05 Å². The van der Waals surface area contributed by atoms with E-state index in [4.69, 9.17) is 10.5 Å². The van der Waals surface area contributed by atoms with Gasteiger partial charge in [-0.2, -0.15) is 4.98 Å². The Morgan fingerprint density at radius 1 is 1.56 bits per heavy atom. The van der Waals surface area contributed by atoms with E-state index in [1.807, 2.05) is 6.92 Å². The zero-order valence-corrected chi connectivity index (χ0v) is 9.40. The molecule has 6 heteroatoms. The van der Waals surface area contributed by atoms with Gasteiger partial charge in [-0.25, -0.2) is 4.79 Å². The molecule has 0 aromatic carbocycles. The molecule has 0 aliphatic rings. The summed E-state index contributed by atoms with van der Waals surface area (Å²) in [4.78, 5) is 25.8. The second-order valence-corrected chi connectivity index (χ2v) is 3.38. The van der Waals surface area contributed by atoms with E-state index in [9.17, 15) is 9.59 Å². The summed E-state index contributed by atoms with van der Waals surface area (Å²) in [6, 6.07) is 0. The van der Waals surface area contributed by atoms with Gasteiger partial charge in [0.25, 0.3) is 0 Å². The van der Waals surface area contributed by atoms with Crippen molar-refractivity contribution in [3.8, 4) is 5.88 Å². The molecule has 1 aromatic rings. The predicted octanol–water partition coefficient (Wildman–Crippen LogP) is 0.354. The van der Waals surface area contributed by atoms with Gasteiger partial charge in [0.2, 0.25) is 5.88 Å². The molecule has 16 heavy (non-hydrogen) atoms. The number of nitrogen functional groups attached to an aromatic ring is 1. The molecule has 0 saturated carbocycles. The highest BCUT2D eigenvalue weighted by molar-refractivity contribution is 5.82. The van der Waals surface area contributed by atoms with Crippen LogP contribution in [0.25, 0.3) is 0 Å². The fourth-order valence-electron chi connectivity index (χ4n) is 1.18. The Bertz CT molecular complexity index is 440. The Kier molecular flexibility index (Phi) is 4.04. The van der Waals surface area contributed by atoms with Crippen LogP contribution in [0.1, 0.15) is 30.3 Å². The van der Waals surface area contributed by atoms with Gasteiger partial charge in [0.15, 0.2) is 6.29 Å². The zero-order chi connectivity index (χ0) is 12.1. The molecule has 1 rings (SSSR count). The second-order valence-electron chi connectivity index (χ2n) is 3.38. The van der Waals surface area contributed by atoms with Crippen LogP contribution in [0.15, 0.2) is 4.79 Å². The van der Waals surface area contributed by atoms with Crippen molar-refractivity contribution < 1.29 is 9.53 Å². The van der Waals surface area contributed by atoms with E-state index in [0.717, 1.165) is 17.4 Å². The van der Waals surface area contributed by atoms with Crippen LogP contribution in [0.5, 0.6) is 5.88 Å². The molecule has 0 spiro atoms. The maximum atomic E-state index is 11.4. The van der Waals surface area contributed by atoms with Gasteiger partial charge < -0.3 is 10.5 Å². The van der Waals surface area contributed by atoms with Crippen LogP contribution in [0.4, 0.5) is 5.69 Å². The van der Waals surface area contributed by atoms with Crippen LogP contribution in [-0.2, 0) is 7.05 Å². The minimum atomic E-state index is -0.553. The second kappa shape index (κ2) is 5.29. The number of carbonyl (C=O) groups excluding carboxylic acids is 1. The number of ether oxygens (including phenoxy) is 1. The van der Waals surface area contributed by atoms with Gasteiger partial charge in [0.1, 0.15) is 11.4 Å². The average molecular weight is 225 g/mol. The molecule has 0 unspecified atom stereocenters. The van der Waals surface area contributed by atoms with Crippen molar-refractivity contribution in [2.75, 3.05) is 12.3 Å². The van der Waals surface area contributed by atoms with Gasteiger partial charge in [0.05, 0.1) is 6.61 Å². The van der Waals surface area contributed by atoms with Crippen molar-refractivity contribution in [3.05, 3.63) is 16.2 Å². The smallest absolute Gasteiger partial charge is 0.351 e. The van der Waals surface area contributed by atoms with Crippen LogP contribution < -0.4 is 16.2 Å². The lowest BCUT2D eigenvalue weighted by atomic mass is 10.3. The first-order valence-electron chi connectivity index (χ1n) is 5.06. The lowest BCUT2D eigenvalue weighted by Gasteiger charge is -2.10. The van der Waals surface area contributed by atoms with Crippen molar-refractivity contribution in [2.24, 2.45) is 7.05 Å². The van der Waals surface area contributed by atoms with Crippen molar-refractivity contribution >= 4 is 12.0 Å². The molecule has 1 aromatic heterocycles. The van der Waals surface area contributed by atoms with E-state index in [1.54, 1.807) is 0 Å². The quantitative estimate of drug-likeness (QED) is 0.577. The van der Waals surface area contributed by atoms with E-state index in [0.29, 0.717) is 12.9 Å².